The molecule has 0 aromatic heterocycles. The molecule has 1 aromatic rings. The lowest BCUT2D eigenvalue weighted by atomic mass is 9.77. The maximum Gasteiger partial charge on any atom is 0.0991 e. The highest BCUT2D eigenvalue weighted by molar-refractivity contribution is 5.33. The van der Waals surface area contributed by atoms with E-state index < -0.39 is 0 Å². The summed E-state index contributed by atoms with van der Waals surface area (Å²) in [6.45, 7) is 3.79. The van der Waals surface area contributed by atoms with Gasteiger partial charge in [-0.2, -0.15) is 5.26 Å². The first-order chi connectivity index (χ1) is 10.8. The summed E-state index contributed by atoms with van der Waals surface area (Å²) in [5.74, 6) is 1.50. The Kier molecular flexibility index (Phi) is 7.19. The van der Waals surface area contributed by atoms with E-state index in [1.807, 2.05) is 12.1 Å². The van der Waals surface area contributed by atoms with Crippen molar-refractivity contribution in [1.82, 2.24) is 0 Å². The van der Waals surface area contributed by atoms with Gasteiger partial charge in [-0.3, -0.25) is 0 Å². The molecule has 0 unspecified atom stereocenters. The molecule has 1 fully saturated rings. The Morgan fingerprint density at radius 3 is 2.50 bits per heavy atom. The van der Waals surface area contributed by atoms with Crippen LogP contribution in [0.25, 0.3) is 0 Å². The summed E-state index contributed by atoms with van der Waals surface area (Å²) in [5.41, 5.74) is 2.16. The lowest BCUT2D eigenvalue weighted by Gasteiger charge is -2.28. The van der Waals surface area contributed by atoms with Gasteiger partial charge >= 0.3 is 0 Å². The summed E-state index contributed by atoms with van der Waals surface area (Å²) in [7, 11) is 0. The number of benzene rings is 1. The van der Waals surface area contributed by atoms with Crippen molar-refractivity contribution in [2.24, 2.45) is 5.92 Å². The molecule has 0 bridgehead atoms. The van der Waals surface area contributed by atoms with Gasteiger partial charge in [0.2, 0.25) is 0 Å². The molecule has 1 aliphatic carbocycles. The third kappa shape index (κ3) is 5.31. The molecule has 118 valence electrons. The van der Waals surface area contributed by atoms with Crippen LogP contribution in [-0.2, 0) is 4.74 Å². The van der Waals surface area contributed by atoms with Crippen LogP contribution in [-0.4, -0.2) is 13.2 Å². The number of ether oxygens (including phenoxy) is 1. The van der Waals surface area contributed by atoms with Gasteiger partial charge in [0.15, 0.2) is 0 Å². The molecule has 2 nitrogen and oxygen atoms in total. The fourth-order valence-electron chi connectivity index (χ4n) is 3.25. The molecule has 1 aromatic carbocycles. The number of hydrogen-bond acceptors (Lipinski definition) is 2. The average Bonchev–Trinajstić information content (AvgIpc) is 2.59. The first-order valence-electron chi connectivity index (χ1n) is 8.56. The third-order valence-corrected chi connectivity index (χ3v) is 4.64. The van der Waals surface area contributed by atoms with Gasteiger partial charge in [-0.25, -0.2) is 0 Å². The molecule has 0 spiro atoms. The van der Waals surface area contributed by atoms with Crippen LogP contribution in [0.3, 0.4) is 0 Å². The Labute approximate surface area is 134 Å². The van der Waals surface area contributed by atoms with Gasteiger partial charge in [-0.05, 0) is 68.1 Å². The Hall–Kier alpha value is -1.59. The number of allylic oxidation sites excluding steroid dienone is 1. The molecular weight excluding hydrogens is 270 g/mol. The lowest BCUT2D eigenvalue weighted by molar-refractivity contribution is 0.135. The second-order valence-electron chi connectivity index (χ2n) is 6.19. The van der Waals surface area contributed by atoms with Crippen molar-refractivity contribution in [3.8, 4) is 6.07 Å². The van der Waals surface area contributed by atoms with Crippen molar-refractivity contribution in [3.05, 3.63) is 47.5 Å². The molecule has 0 atom stereocenters. The lowest BCUT2D eigenvalue weighted by Crippen LogP contribution is -2.15. The van der Waals surface area contributed by atoms with Crippen molar-refractivity contribution in [1.29, 1.82) is 5.26 Å². The molecule has 2 rings (SSSR count). The topological polar surface area (TPSA) is 33.0 Å². The van der Waals surface area contributed by atoms with E-state index in [0.717, 1.165) is 31.1 Å². The van der Waals surface area contributed by atoms with E-state index in [2.05, 4.69) is 37.3 Å². The fraction of sp³-hybridized carbons (Fsp3) is 0.550. The molecule has 0 heterocycles. The molecule has 22 heavy (non-hydrogen) atoms. The van der Waals surface area contributed by atoms with Crippen molar-refractivity contribution in [2.75, 3.05) is 13.2 Å². The Morgan fingerprint density at radius 2 is 1.86 bits per heavy atom. The van der Waals surface area contributed by atoms with Crippen LogP contribution in [0.5, 0.6) is 0 Å². The van der Waals surface area contributed by atoms with Crippen LogP contribution >= 0.6 is 0 Å². The first kappa shape index (κ1) is 16.8. The highest BCUT2D eigenvalue weighted by Crippen LogP contribution is 2.37. The third-order valence-electron chi connectivity index (χ3n) is 4.64. The summed E-state index contributed by atoms with van der Waals surface area (Å²) in [6, 6.07) is 10.3. The zero-order valence-corrected chi connectivity index (χ0v) is 13.6. The number of nitrogens with zero attached hydrogens (tertiary/aromatic N) is 1. The molecule has 0 radical (unpaired) electrons. The average molecular weight is 297 g/mol. The van der Waals surface area contributed by atoms with Crippen molar-refractivity contribution in [2.45, 2.75) is 51.4 Å². The summed E-state index contributed by atoms with van der Waals surface area (Å²) in [4.78, 5) is 0. The van der Waals surface area contributed by atoms with Gasteiger partial charge in [-0.1, -0.05) is 31.2 Å². The molecular formula is C20H27NO. The highest BCUT2D eigenvalue weighted by Gasteiger charge is 2.22. The van der Waals surface area contributed by atoms with E-state index in [1.165, 1.54) is 37.7 Å². The number of rotatable bonds is 7. The standard InChI is InChI=1S/C20H27NO/c1-2-3-4-14-22-15-13-17-5-9-19(10-6-17)20-11-7-18(16-21)8-12-20/h3-4,7-8,11-12,17,19H,2,5-6,9-10,13-15H2,1H3/b4-3+. The van der Waals surface area contributed by atoms with E-state index in [1.54, 1.807) is 0 Å². The zero-order valence-electron chi connectivity index (χ0n) is 13.6. The van der Waals surface area contributed by atoms with Gasteiger partial charge in [0.25, 0.3) is 0 Å². The SMILES string of the molecule is CC/C=C/COCCC1CCC(c2ccc(C#N)cc2)CC1. The number of nitriles is 1. The summed E-state index contributed by atoms with van der Waals surface area (Å²) < 4.78 is 5.66. The van der Waals surface area contributed by atoms with Gasteiger partial charge in [-0.15, -0.1) is 0 Å². The van der Waals surface area contributed by atoms with Gasteiger partial charge in [0, 0.05) is 6.61 Å². The molecule has 0 aliphatic heterocycles. The monoisotopic (exact) mass is 297 g/mol. The molecule has 0 amide bonds. The zero-order chi connectivity index (χ0) is 15.6. The largest absolute Gasteiger partial charge is 0.377 e. The summed E-state index contributed by atoms with van der Waals surface area (Å²) in [5, 5.41) is 8.86. The van der Waals surface area contributed by atoms with E-state index in [9.17, 15) is 0 Å². The molecule has 1 aliphatic rings. The molecule has 1 saturated carbocycles. The second kappa shape index (κ2) is 9.43. The van der Waals surface area contributed by atoms with E-state index in [-0.39, 0.29) is 0 Å². The van der Waals surface area contributed by atoms with Crippen LogP contribution in [0.2, 0.25) is 0 Å². The second-order valence-corrected chi connectivity index (χ2v) is 6.19. The van der Waals surface area contributed by atoms with Gasteiger partial charge < -0.3 is 4.74 Å². The quantitative estimate of drug-likeness (QED) is 0.511. The van der Waals surface area contributed by atoms with Crippen LogP contribution < -0.4 is 0 Å². The van der Waals surface area contributed by atoms with E-state index in [0.29, 0.717) is 5.92 Å². The van der Waals surface area contributed by atoms with E-state index in [4.69, 9.17) is 10.00 Å². The van der Waals surface area contributed by atoms with Gasteiger partial charge in [0.1, 0.15) is 0 Å². The Morgan fingerprint density at radius 1 is 1.14 bits per heavy atom. The van der Waals surface area contributed by atoms with Crippen LogP contribution in [0.4, 0.5) is 0 Å². The summed E-state index contributed by atoms with van der Waals surface area (Å²) >= 11 is 0. The maximum atomic E-state index is 8.86. The van der Waals surface area contributed by atoms with Crippen molar-refractivity contribution in [3.63, 3.8) is 0 Å². The minimum Gasteiger partial charge on any atom is -0.377 e. The Balaban J connectivity index is 1.67. The molecule has 0 saturated heterocycles. The van der Waals surface area contributed by atoms with Crippen LogP contribution in [0, 0.1) is 17.2 Å². The maximum absolute atomic E-state index is 8.86. The minimum atomic E-state index is 0.678. The highest BCUT2D eigenvalue weighted by atomic mass is 16.5. The fourth-order valence-corrected chi connectivity index (χ4v) is 3.25. The smallest absolute Gasteiger partial charge is 0.0991 e. The van der Waals surface area contributed by atoms with Gasteiger partial charge in [0.05, 0.1) is 18.2 Å². The van der Waals surface area contributed by atoms with Crippen LogP contribution in [0.15, 0.2) is 36.4 Å². The normalized spacial score (nSPS) is 21.8. The van der Waals surface area contributed by atoms with Crippen LogP contribution in [0.1, 0.15) is 62.5 Å². The predicted molar refractivity (Wildman–Crippen MR) is 90.7 cm³/mol. The minimum absolute atomic E-state index is 0.678. The Bertz CT molecular complexity index is 489. The van der Waals surface area contributed by atoms with Crippen molar-refractivity contribution < 1.29 is 4.74 Å². The van der Waals surface area contributed by atoms with Crippen molar-refractivity contribution >= 4 is 0 Å². The number of hydrogen-bond donors (Lipinski definition) is 0. The summed E-state index contributed by atoms with van der Waals surface area (Å²) in [6.07, 6.45) is 11.7. The first-order valence-corrected chi connectivity index (χ1v) is 8.56. The molecule has 0 N–H and O–H groups in total. The predicted octanol–water partition coefficient (Wildman–Crippen LogP) is 5.20. The van der Waals surface area contributed by atoms with E-state index >= 15 is 0 Å². The molecule has 2 heteroatoms.